The summed E-state index contributed by atoms with van der Waals surface area (Å²) in [6.45, 7) is 0. The van der Waals surface area contributed by atoms with Crippen molar-refractivity contribution in [1.29, 1.82) is 0 Å². The van der Waals surface area contributed by atoms with E-state index in [1.807, 2.05) is 29.0 Å². The van der Waals surface area contributed by atoms with Gasteiger partial charge in [-0.2, -0.15) is 0 Å². The van der Waals surface area contributed by atoms with Crippen molar-refractivity contribution in [3.05, 3.63) is 66.7 Å². The molecule has 1 amide bonds. The maximum atomic E-state index is 12.6. The van der Waals surface area contributed by atoms with Crippen LogP contribution in [0.1, 0.15) is 31.2 Å². The zero-order valence-electron chi connectivity index (χ0n) is 14.8. The molecule has 1 spiro atoms. The highest BCUT2D eigenvalue weighted by Crippen LogP contribution is 2.49. The molecule has 3 aromatic rings. The van der Waals surface area contributed by atoms with E-state index in [9.17, 15) is 4.79 Å². The number of benzene rings is 2. The molecule has 136 valence electrons. The number of anilines is 2. The second-order valence-corrected chi connectivity index (χ2v) is 8.05. The summed E-state index contributed by atoms with van der Waals surface area (Å²) in [4.78, 5) is 17.8. The van der Waals surface area contributed by atoms with Gasteiger partial charge in [0, 0.05) is 34.4 Å². The lowest BCUT2D eigenvalue weighted by molar-refractivity contribution is -0.120. The molecule has 1 aliphatic heterocycles. The largest absolute Gasteiger partial charge is 0.326 e. The van der Waals surface area contributed by atoms with Gasteiger partial charge in [0.05, 0.1) is 11.7 Å². The van der Waals surface area contributed by atoms with E-state index in [0.717, 1.165) is 53.2 Å². The molecule has 27 heavy (non-hydrogen) atoms. The zero-order chi connectivity index (χ0) is 18.3. The highest BCUT2D eigenvalue weighted by atomic mass is 32.2. The smallest absolute Gasteiger partial charge is 0.235 e. The van der Waals surface area contributed by atoms with Gasteiger partial charge in [-0.05, 0) is 66.8 Å². The van der Waals surface area contributed by atoms with Gasteiger partial charge in [-0.25, -0.2) is 4.98 Å². The van der Waals surface area contributed by atoms with Gasteiger partial charge in [-0.3, -0.25) is 4.79 Å². The van der Waals surface area contributed by atoms with Crippen LogP contribution in [0.4, 0.5) is 11.4 Å². The highest BCUT2D eigenvalue weighted by Gasteiger charge is 2.48. The molecule has 0 atom stereocenters. The van der Waals surface area contributed by atoms with Crippen LogP contribution in [0, 0.1) is 0 Å². The number of imidazole rings is 1. The number of hydrogen-bond acceptors (Lipinski definition) is 4. The Labute approximate surface area is 162 Å². The summed E-state index contributed by atoms with van der Waals surface area (Å²) < 4.78 is 5.42. The number of aromatic nitrogens is 2. The van der Waals surface area contributed by atoms with Crippen molar-refractivity contribution in [2.45, 2.75) is 36.0 Å². The summed E-state index contributed by atoms with van der Waals surface area (Å²) >= 11 is 1.57. The Kier molecular flexibility index (Phi) is 3.93. The normalized spacial score (nSPS) is 17.1. The Balaban J connectivity index is 1.37. The molecular weight excluding hydrogens is 356 g/mol. The van der Waals surface area contributed by atoms with E-state index in [2.05, 4.69) is 39.3 Å². The summed E-state index contributed by atoms with van der Waals surface area (Å²) in [5.74, 6) is 0.174. The van der Waals surface area contributed by atoms with E-state index in [4.69, 9.17) is 0 Å². The van der Waals surface area contributed by atoms with Gasteiger partial charge in [0.2, 0.25) is 5.91 Å². The predicted molar refractivity (Wildman–Crippen MR) is 108 cm³/mol. The molecule has 0 saturated heterocycles. The van der Waals surface area contributed by atoms with Crippen LogP contribution in [0.2, 0.25) is 0 Å². The molecule has 0 bridgehead atoms. The van der Waals surface area contributed by atoms with Crippen molar-refractivity contribution in [2.75, 3.05) is 10.0 Å². The third-order valence-corrected chi connectivity index (χ3v) is 6.41. The van der Waals surface area contributed by atoms with E-state index in [1.54, 1.807) is 24.5 Å². The number of hydrogen-bond donors (Lipinski definition) is 2. The molecule has 1 saturated carbocycles. The number of carbonyl (C=O) groups excluding carboxylic acids is 1. The lowest BCUT2D eigenvalue weighted by atomic mass is 9.80. The summed E-state index contributed by atoms with van der Waals surface area (Å²) in [6.07, 6.45) is 9.66. The van der Waals surface area contributed by atoms with Crippen molar-refractivity contribution < 1.29 is 4.79 Å². The van der Waals surface area contributed by atoms with Gasteiger partial charge < -0.3 is 14.6 Å². The molecule has 5 nitrogen and oxygen atoms in total. The first-order valence-corrected chi connectivity index (χ1v) is 10.0. The first kappa shape index (κ1) is 16.4. The highest BCUT2D eigenvalue weighted by molar-refractivity contribution is 8.00. The average molecular weight is 376 g/mol. The fourth-order valence-electron chi connectivity index (χ4n) is 4.19. The van der Waals surface area contributed by atoms with Crippen molar-refractivity contribution in [3.8, 4) is 5.69 Å². The Morgan fingerprint density at radius 1 is 1.15 bits per heavy atom. The molecule has 0 unspecified atom stereocenters. The minimum Gasteiger partial charge on any atom is -0.326 e. The van der Waals surface area contributed by atoms with Crippen LogP contribution < -0.4 is 10.0 Å². The minimum atomic E-state index is -0.307. The molecule has 1 fully saturated rings. The van der Waals surface area contributed by atoms with Gasteiger partial charge in [0.1, 0.15) is 0 Å². The molecule has 0 radical (unpaired) electrons. The minimum absolute atomic E-state index is 0.174. The molecule has 2 heterocycles. The van der Waals surface area contributed by atoms with E-state index in [1.165, 1.54) is 0 Å². The average Bonchev–Trinajstić information content (AvgIpc) is 3.44. The summed E-state index contributed by atoms with van der Waals surface area (Å²) in [6, 6.07) is 14.5. The van der Waals surface area contributed by atoms with E-state index < -0.39 is 0 Å². The second-order valence-electron chi connectivity index (χ2n) is 7.18. The van der Waals surface area contributed by atoms with Crippen molar-refractivity contribution in [2.24, 2.45) is 0 Å². The Morgan fingerprint density at radius 2 is 2.04 bits per heavy atom. The first-order chi connectivity index (χ1) is 13.2. The fraction of sp³-hybridized carbons (Fsp3) is 0.238. The standard InChI is InChI=1S/C21H20N4OS/c26-20-21(8-1-2-9-21)18-12-15(6-7-19(18)23-20)24-27-17-5-3-4-16(13-17)25-11-10-22-14-25/h3-7,10-14,24H,1-2,8-9H2,(H,23,26). The lowest BCUT2D eigenvalue weighted by Crippen LogP contribution is -2.30. The summed E-state index contributed by atoms with van der Waals surface area (Å²) in [7, 11) is 0. The van der Waals surface area contributed by atoms with Gasteiger partial charge in [-0.15, -0.1) is 0 Å². The van der Waals surface area contributed by atoms with E-state index >= 15 is 0 Å². The molecule has 2 N–H and O–H groups in total. The zero-order valence-corrected chi connectivity index (χ0v) is 15.6. The Hall–Kier alpha value is -2.73. The van der Waals surface area contributed by atoms with Crippen LogP contribution in [-0.4, -0.2) is 15.5 Å². The first-order valence-electron chi connectivity index (χ1n) is 9.22. The molecule has 1 aromatic heterocycles. The van der Waals surface area contributed by atoms with Crippen LogP contribution in [0.5, 0.6) is 0 Å². The van der Waals surface area contributed by atoms with Crippen molar-refractivity contribution >= 4 is 29.2 Å². The van der Waals surface area contributed by atoms with Gasteiger partial charge >= 0.3 is 0 Å². The van der Waals surface area contributed by atoms with Crippen LogP contribution in [0.15, 0.2) is 66.1 Å². The number of amides is 1. The van der Waals surface area contributed by atoms with Gasteiger partial charge in [0.25, 0.3) is 0 Å². The maximum absolute atomic E-state index is 12.6. The third kappa shape index (κ3) is 2.80. The molecule has 5 rings (SSSR count). The lowest BCUT2D eigenvalue weighted by Gasteiger charge is -2.21. The molecular formula is C21H20N4OS. The predicted octanol–water partition coefficient (Wildman–Crippen LogP) is 4.76. The molecule has 2 aromatic carbocycles. The SMILES string of the molecule is O=C1Nc2ccc(NSc3cccc(-n4ccnc4)c3)cc2C12CCCC2. The molecule has 1 aliphatic carbocycles. The van der Waals surface area contributed by atoms with E-state index in [-0.39, 0.29) is 11.3 Å². The van der Waals surface area contributed by atoms with Crippen LogP contribution >= 0.6 is 11.9 Å². The van der Waals surface area contributed by atoms with Crippen LogP contribution in [0.3, 0.4) is 0 Å². The Bertz CT molecular complexity index is 993. The second kappa shape index (κ2) is 6.46. The van der Waals surface area contributed by atoms with Crippen LogP contribution in [-0.2, 0) is 10.2 Å². The van der Waals surface area contributed by atoms with E-state index in [0.29, 0.717) is 0 Å². The van der Waals surface area contributed by atoms with Gasteiger partial charge in [-0.1, -0.05) is 18.9 Å². The summed E-state index contributed by atoms with van der Waals surface area (Å²) in [5.41, 5.74) is 3.92. The molecule has 6 heteroatoms. The Morgan fingerprint density at radius 3 is 2.85 bits per heavy atom. The van der Waals surface area contributed by atoms with Gasteiger partial charge in [0.15, 0.2) is 0 Å². The number of rotatable bonds is 4. The molecule has 2 aliphatic rings. The number of nitrogens with zero attached hydrogens (tertiary/aromatic N) is 2. The van der Waals surface area contributed by atoms with Crippen LogP contribution in [0.25, 0.3) is 5.69 Å². The third-order valence-electron chi connectivity index (χ3n) is 5.58. The van der Waals surface area contributed by atoms with Crippen molar-refractivity contribution in [3.63, 3.8) is 0 Å². The fourth-order valence-corrected chi connectivity index (χ4v) is 4.88. The number of nitrogens with one attached hydrogen (secondary N) is 2. The topological polar surface area (TPSA) is 59.0 Å². The monoisotopic (exact) mass is 376 g/mol. The summed E-state index contributed by atoms with van der Waals surface area (Å²) in [5, 5.41) is 3.07. The quantitative estimate of drug-likeness (QED) is 0.645. The number of carbonyl (C=O) groups is 1. The number of fused-ring (bicyclic) bond motifs is 2. The maximum Gasteiger partial charge on any atom is 0.235 e. The van der Waals surface area contributed by atoms with Crippen molar-refractivity contribution in [1.82, 2.24) is 9.55 Å².